The van der Waals surface area contributed by atoms with E-state index in [1.54, 1.807) is 6.20 Å². The highest BCUT2D eigenvalue weighted by Gasteiger charge is 2.42. The number of pyridine rings is 2. The summed E-state index contributed by atoms with van der Waals surface area (Å²) in [5.74, 6) is 0. The summed E-state index contributed by atoms with van der Waals surface area (Å²) in [6, 6.07) is 20.8. The Morgan fingerprint density at radius 1 is 0.875 bits per heavy atom. The van der Waals surface area contributed by atoms with E-state index in [4.69, 9.17) is 12.2 Å². The summed E-state index contributed by atoms with van der Waals surface area (Å²) in [6.07, 6.45) is 5.53. The summed E-state index contributed by atoms with van der Waals surface area (Å²) in [5.41, 5.74) is 7.78. The molecule has 2 atom stereocenters. The quantitative estimate of drug-likeness (QED) is 0.433. The van der Waals surface area contributed by atoms with Crippen molar-refractivity contribution in [3.8, 4) is 5.69 Å². The number of anilines is 1. The van der Waals surface area contributed by atoms with Crippen LogP contribution in [0.3, 0.4) is 0 Å². The number of nitrogens with one attached hydrogen (secondary N) is 1. The third kappa shape index (κ3) is 3.56. The summed E-state index contributed by atoms with van der Waals surface area (Å²) < 4.78 is 2.26. The normalized spacial score (nSPS) is 18.1. The van der Waals surface area contributed by atoms with Crippen molar-refractivity contribution in [2.45, 2.75) is 32.9 Å². The van der Waals surface area contributed by atoms with Gasteiger partial charge in [0.2, 0.25) is 0 Å². The fraction of sp³-hybridized carbons (Fsp3) is 0.192. The van der Waals surface area contributed by atoms with E-state index in [2.05, 4.69) is 88.0 Å². The van der Waals surface area contributed by atoms with E-state index in [0.717, 1.165) is 28.5 Å². The van der Waals surface area contributed by atoms with Gasteiger partial charge in [-0.3, -0.25) is 9.97 Å². The van der Waals surface area contributed by atoms with Gasteiger partial charge in [0.25, 0.3) is 0 Å². The van der Waals surface area contributed by atoms with E-state index in [1.165, 1.54) is 11.1 Å². The van der Waals surface area contributed by atoms with Gasteiger partial charge < -0.3 is 14.8 Å². The molecule has 0 unspecified atom stereocenters. The van der Waals surface area contributed by atoms with Crippen molar-refractivity contribution in [1.82, 2.24) is 19.9 Å². The Bertz CT molecular complexity index is 1250. The molecule has 1 aromatic carbocycles. The highest BCUT2D eigenvalue weighted by Crippen LogP contribution is 2.43. The Balaban J connectivity index is 1.72. The molecule has 1 aliphatic rings. The molecule has 1 aliphatic heterocycles. The summed E-state index contributed by atoms with van der Waals surface area (Å²) >= 11 is 5.90. The summed E-state index contributed by atoms with van der Waals surface area (Å²) in [7, 11) is 0. The third-order valence-electron chi connectivity index (χ3n) is 5.90. The van der Waals surface area contributed by atoms with Crippen molar-refractivity contribution in [3.05, 3.63) is 107 Å². The number of aryl methyl sites for hydroxylation is 3. The Morgan fingerprint density at radius 2 is 1.69 bits per heavy atom. The maximum Gasteiger partial charge on any atom is 0.174 e. The monoisotopic (exact) mass is 439 g/mol. The molecule has 0 saturated carbocycles. The van der Waals surface area contributed by atoms with Crippen LogP contribution in [0.4, 0.5) is 5.69 Å². The van der Waals surface area contributed by atoms with E-state index in [9.17, 15) is 0 Å². The predicted molar refractivity (Wildman–Crippen MR) is 132 cm³/mol. The summed E-state index contributed by atoms with van der Waals surface area (Å²) in [5, 5.41) is 4.26. The van der Waals surface area contributed by atoms with Crippen LogP contribution in [-0.2, 0) is 0 Å². The second-order valence-electron chi connectivity index (χ2n) is 8.29. The number of hydrogen-bond acceptors (Lipinski definition) is 3. The zero-order valence-electron chi connectivity index (χ0n) is 18.4. The van der Waals surface area contributed by atoms with Gasteiger partial charge in [-0.25, -0.2) is 0 Å². The molecule has 1 fully saturated rings. The van der Waals surface area contributed by atoms with Crippen molar-refractivity contribution in [3.63, 3.8) is 0 Å². The molecule has 5 rings (SSSR count). The van der Waals surface area contributed by atoms with Gasteiger partial charge in [-0.15, -0.1) is 0 Å². The molecular weight excluding hydrogens is 414 g/mol. The van der Waals surface area contributed by atoms with Crippen LogP contribution >= 0.6 is 12.2 Å². The number of aromatic nitrogens is 3. The van der Waals surface area contributed by atoms with Crippen molar-refractivity contribution in [2.24, 2.45) is 0 Å². The van der Waals surface area contributed by atoms with Gasteiger partial charge in [0.05, 0.1) is 23.6 Å². The van der Waals surface area contributed by atoms with Crippen LogP contribution in [0.1, 0.15) is 40.3 Å². The summed E-state index contributed by atoms with van der Waals surface area (Å²) in [4.78, 5) is 11.3. The molecule has 4 aromatic rings. The number of nitrogens with zero attached hydrogens (tertiary/aromatic N) is 4. The Kier molecular flexibility index (Phi) is 5.23. The van der Waals surface area contributed by atoms with E-state index in [-0.39, 0.29) is 12.1 Å². The Labute approximate surface area is 193 Å². The van der Waals surface area contributed by atoms with E-state index in [0.29, 0.717) is 5.11 Å². The van der Waals surface area contributed by atoms with Crippen LogP contribution in [0.5, 0.6) is 0 Å². The van der Waals surface area contributed by atoms with Gasteiger partial charge in [0, 0.05) is 29.5 Å². The first-order valence-electron chi connectivity index (χ1n) is 10.7. The van der Waals surface area contributed by atoms with Crippen LogP contribution in [-0.4, -0.2) is 19.6 Å². The number of hydrogen-bond donors (Lipinski definition) is 1. The first kappa shape index (κ1) is 20.4. The molecule has 1 saturated heterocycles. The van der Waals surface area contributed by atoms with Crippen molar-refractivity contribution in [2.75, 3.05) is 4.90 Å². The standard InChI is InChI=1S/C26H25N5S/c1-17-13-18(2)15-21(14-17)31-25(24(29-26(31)32)22-8-4-5-12-28-22)23-10-9-19(3)30(23)20-7-6-11-27-16-20/h4-16,24-25H,1-3H3,(H,29,32)/t24-,25-/m1/s1. The summed E-state index contributed by atoms with van der Waals surface area (Å²) in [6.45, 7) is 6.36. The first-order valence-corrected chi connectivity index (χ1v) is 11.1. The van der Waals surface area contributed by atoms with Gasteiger partial charge in [0.15, 0.2) is 5.11 Å². The van der Waals surface area contributed by atoms with Gasteiger partial charge in [-0.05, 0) is 92.6 Å². The van der Waals surface area contributed by atoms with Gasteiger partial charge in [0.1, 0.15) is 6.04 Å². The number of benzene rings is 1. The highest BCUT2D eigenvalue weighted by molar-refractivity contribution is 7.80. The van der Waals surface area contributed by atoms with E-state index < -0.39 is 0 Å². The third-order valence-corrected chi connectivity index (χ3v) is 6.21. The molecule has 1 N–H and O–H groups in total. The van der Waals surface area contributed by atoms with Crippen LogP contribution in [0.2, 0.25) is 0 Å². The lowest BCUT2D eigenvalue weighted by Crippen LogP contribution is -2.30. The van der Waals surface area contributed by atoms with E-state index >= 15 is 0 Å². The van der Waals surface area contributed by atoms with Crippen LogP contribution < -0.4 is 10.2 Å². The molecule has 0 spiro atoms. The van der Waals surface area contributed by atoms with Crippen molar-refractivity contribution >= 4 is 23.0 Å². The van der Waals surface area contributed by atoms with Crippen molar-refractivity contribution in [1.29, 1.82) is 0 Å². The fourth-order valence-electron chi connectivity index (χ4n) is 4.65. The van der Waals surface area contributed by atoms with Gasteiger partial charge in [-0.1, -0.05) is 12.1 Å². The van der Waals surface area contributed by atoms with Gasteiger partial charge in [-0.2, -0.15) is 0 Å². The largest absolute Gasteiger partial charge is 0.351 e. The molecule has 32 heavy (non-hydrogen) atoms. The molecular formula is C26H25N5S. The molecule has 3 aromatic heterocycles. The zero-order chi connectivity index (χ0) is 22.2. The number of rotatable bonds is 4. The van der Waals surface area contributed by atoms with Crippen LogP contribution in [0, 0.1) is 20.8 Å². The molecule has 0 bridgehead atoms. The molecule has 0 radical (unpaired) electrons. The fourth-order valence-corrected chi connectivity index (χ4v) is 5.00. The predicted octanol–water partition coefficient (Wildman–Crippen LogP) is 5.37. The lowest BCUT2D eigenvalue weighted by Gasteiger charge is -2.29. The molecule has 0 aliphatic carbocycles. The lowest BCUT2D eigenvalue weighted by molar-refractivity contribution is 0.548. The molecule has 160 valence electrons. The second-order valence-corrected chi connectivity index (χ2v) is 8.68. The minimum Gasteiger partial charge on any atom is -0.351 e. The smallest absolute Gasteiger partial charge is 0.174 e. The molecule has 4 heterocycles. The average Bonchev–Trinajstić information content (AvgIpc) is 3.33. The minimum atomic E-state index is -0.0887. The number of thiocarbonyl (C=S) groups is 1. The molecule has 5 nitrogen and oxygen atoms in total. The minimum absolute atomic E-state index is 0.0764. The zero-order valence-corrected chi connectivity index (χ0v) is 19.2. The van der Waals surface area contributed by atoms with Gasteiger partial charge >= 0.3 is 0 Å². The maximum absolute atomic E-state index is 5.90. The molecule has 6 heteroatoms. The molecule has 0 amide bonds. The lowest BCUT2D eigenvalue weighted by atomic mass is 10.00. The van der Waals surface area contributed by atoms with Crippen LogP contribution in [0.15, 0.2) is 79.3 Å². The SMILES string of the molecule is Cc1cc(C)cc(N2C(=S)N[C@H](c3ccccn3)[C@H]2c2ccc(C)n2-c2cccnc2)c1. The van der Waals surface area contributed by atoms with E-state index in [1.807, 2.05) is 30.6 Å². The first-order chi connectivity index (χ1) is 15.5. The topological polar surface area (TPSA) is 46.0 Å². The Morgan fingerprint density at radius 3 is 2.38 bits per heavy atom. The maximum atomic E-state index is 5.90. The van der Waals surface area contributed by atoms with Crippen LogP contribution in [0.25, 0.3) is 5.69 Å². The average molecular weight is 440 g/mol. The second kappa shape index (κ2) is 8.20. The van der Waals surface area contributed by atoms with Crippen molar-refractivity contribution < 1.29 is 0 Å². The highest BCUT2D eigenvalue weighted by atomic mass is 32.1. The Hall–Kier alpha value is -3.51.